The second-order valence-corrected chi connectivity index (χ2v) is 8.92. The van der Waals surface area contributed by atoms with Gasteiger partial charge in [0.05, 0.1) is 16.3 Å². The van der Waals surface area contributed by atoms with E-state index in [9.17, 15) is 13.2 Å². The molecule has 28 heavy (non-hydrogen) atoms. The molecule has 0 aliphatic heterocycles. The van der Waals surface area contributed by atoms with Gasteiger partial charge in [-0.05, 0) is 42.8 Å². The first kappa shape index (κ1) is 22.2. The molecule has 2 aromatic carbocycles. The van der Waals surface area contributed by atoms with Crippen LogP contribution in [-0.2, 0) is 10.0 Å². The molecule has 0 saturated heterocycles. The molecular weight excluding hydrogens is 398 g/mol. The minimum Gasteiger partial charge on any atom is -0.376 e. The van der Waals surface area contributed by atoms with Gasteiger partial charge in [-0.1, -0.05) is 31.5 Å². The maximum absolute atomic E-state index is 12.9. The monoisotopic (exact) mass is 423 g/mol. The topological polar surface area (TPSA) is 69.7 Å². The van der Waals surface area contributed by atoms with E-state index in [2.05, 4.69) is 5.32 Å². The summed E-state index contributed by atoms with van der Waals surface area (Å²) in [4.78, 5) is 14.8. The predicted molar refractivity (Wildman–Crippen MR) is 115 cm³/mol. The van der Waals surface area contributed by atoms with Crippen LogP contribution in [0.5, 0.6) is 0 Å². The van der Waals surface area contributed by atoms with Crippen molar-refractivity contribution in [1.82, 2.24) is 4.31 Å². The zero-order valence-corrected chi connectivity index (χ0v) is 18.4. The molecular formula is C20H26ClN3O3S. The van der Waals surface area contributed by atoms with E-state index >= 15 is 0 Å². The van der Waals surface area contributed by atoms with Crippen LogP contribution in [-0.4, -0.2) is 45.8 Å². The van der Waals surface area contributed by atoms with Crippen molar-refractivity contribution in [3.63, 3.8) is 0 Å². The van der Waals surface area contributed by atoms with E-state index < -0.39 is 15.9 Å². The smallest absolute Gasteiger partial charge is 0.255 e. The minimum atomic E-state index is -3.67. The number of aryl methyl sites for hydroxylation is 1. The average Bonchev–Trinajstić information content (AvgIpc) is 2.62. The van der Waals surface area contributed by atoms with Crippen molar-refractivity contribution in [1.29, 1.82) is 0 Å². The summed E-state index contributed by atoms with van der Waals surface area (Å²) in [6, 6.07) is 9.91. The molecule has 0 bridgehead atoms. The van der Waals surface area contributed by atoms with Gasteiger partial charge in [0.2, 0.25) is 10.0 Å². The molecule has 1 N–H and O–H groups in total. The van der Waals surface area contributed by atoms with E-state index in [0.717, 1.165) is 5.69 Å². The Bertz CT molecular complexity index is 971. The van der Waals surface area contributed by atoms with Gasteiger partial charge in [0, 0.05) is 37.8 Å². The van der Waals surface area contributed by atoms with Crippen LogP contribution in [0.4, 0.5) is 11.4 Å². The molecule has 2 rings (SSSR count). The quantitative estimate of drug-likeness (QED) is 0.730. The van der Waals surface area contributed by atoms with Gasteiger partial charge in [-0.3, -0.25) is 4.79 Å². The second-order valence-electron chi connectivity index (χ2n) is 6.58. The molecule has 0 heterocycles. The molecule has 1 amide bonds. The zero-order chi connectivity index (χ0) is 21.1. The lowest BCUT2D eigenvalue weighted by molar-refractivity contribution is 0.102. The number of hydrogen-bond donors (Lipinski definition) is 1. The molecule has 6 nitrogen and oxygen atoms in total. The Balaban J connectivity index is 2.43. The van der Waals surface area contributed by atoms with E-state index in [4.69, 9.17) is 11.6 Å². The number of anilines is 2. The van der Waals surface area contributed by atoms with Gasteiger partial charge in [0.15, 0.2) is 0 Å². The van der Waals surface area contributed by atoms with Crippen LogP contribution in [0, 0.1) is 6.92 Å². The highest BCUT2D eigenvalue weighted by molar-refractivity contribution is 7.89. The fourth-order valence-corrected chi connectivity index (χ4v) is 4.80. The van der Waals surface area contributed by atoms with Crippen molar-refractivity contribution < 1.29 is 13.2 Å². The normalized spacial score (nSPS) is 11.5. The summed E-state index contributed by atoms with van der Waals surface area (Å²) in [6.45, 7) is 6.02. The van der Waals surface area contributed by atoms with Crippen LogP contribution >= 0.6 is 11.6 Å². The Morgan fingerprint density at radius 3 is 2.29 bits per heavy atom. The second kappa shape index (κ2) is 8.94. The summed E-state index contributed by atoms with van der Waals surface area (Å²) in [7, 11) is 0.0562. The highest BCUT2D eigenvalue weighted by atomic mass is 35.5. The summed E-state index contributed by atoms with van der Waals surface area (Å²) < 4.78 is 27.2. The highest BCUT2D eigenvalue weighted by Gasteiger charge is 2.25. The molecule has 0 aliphatic carbocycles. The largest absolute Gasteiger partial charge is 0.376 e. The minimum absolute atomic E-state index is 0.141. The number of carbonyl (C=O) groups excluding carboxylic acids is 1. The number of halogens is 1. The van der Waals surface area contributed by atoms with E-state index in [1.54, 1.807) is 45.0 Å². The summed E-state index contributed by atoms with van der Waals surface area (Å²) in [5, 5.41) is 3.33. The lowest BCUT2D eigenvalue weighted by Gasteiger charge is -2.21. The molecule has 0 spiro atoms. The fraction of sp³-hybridized carbons (Fsp3) is 0.350. The molecule has 0 atom stereocenters. The Labute approximate surface area is 172 Å². The third kappa shape index (κ3) is 4.66. The number of nitrogens with one attached hydrogen (secondary N) is 1. The lowest BCUT2D eigenvalue weighted by Crippen LogP contribution is -2.31. The van der Waals surface area contributed by atoms with Crippen LogP contribution < -0.4 is 10.2 Å². The Hall–Kier alpha value is -2.09. The van der Waals surface area contributed by atoms with E-state index in [-0.39, 0.29) is 10.5 Å². The molecule has 2 aromatic rings. The molecule has 0 aliphatic rings. The van der Waals surface area contributed by atoms with Crippen LogP contribution in [0.1, 0.15) is 29.8 Å². The maximum Gasteiger partial charge on any atom is 0.255 e. The van der Waals surface area contributed by atoms with Gasteiger partial charge >= 0.3 is 0 Å². The van der Waals surface area contributed by atoms with Crippen LogP contribution in [0.3, 0.4) is 0 Å². The summed E-state index contributed by atoms with van der Waals surface area (Å²) in [6.07, 6.45) is 0. The number of rotatable bonds is 7. The molecule has 0 fully saturated rings. The average molecular weight is 424 g/mol. The third-order valence-corrected chi connectivity index (χ3v) is 6.89. The summed E-state index contributed by atoms with van der Waals surface area (Å²) in [5.74, 6) is -0.402. The van der Waals surface area contributed by atoms with Gasteiger partial charge in [0.1, 0.15) is 0 Å². The molecule has 152 valence electrons. The Kier molecular flexibility index (Phi) is 7.09. The standard InChI is InChI=1S/C20H26ClN3O3S/c1-6-24(7-2)28(26,27)19-12-15(9-8-14(19)3)20(25)22-17-13-16(21)10-11-18(17)23(4)5/h8-13H,6-7H2,1-5H3,(H,22,25). The summed E-state index contributed by atoms with van der Waals surface area (Å²) >= 11 is 6.07. The van der Waals surface area contributed by atoms with Crippen molar-refractivity contribution in [3.05, 3.63) is 52.5 Å². The molecule has 8 heteroatoms. The van der Waals surface area contributed by atoms with Gasteiger partial charge in [-0.2, -0.15) is 4.31 Å². The number of sulfonamides is 1. The van der Waals surface area contributed by atoms with Crippen LogP contribution in [0.2, 0.25) is 5.02 Å². The van der Waals surface area contributed by atoms with Crippen molar-refractivity contribution in [2.75, 3.05) is 37.4 Å². The number of amides is 1. The van der Waals surface area contributed by atoms with E-state index in [1.165, 1.54) is 10.4 Å². The van der Waals surface area contributed by atoms with E-state index in [0.29, 0.717) is 29.4 Å². The maximum atomic E-state index is 12.9. The van der Waals surface area contributed by atoms with Gasteiger partial charge in [0.25, 0.3) is 5.91 Å². The van der Waals surface area contributed by atoms with Crippen LogP contribution in [0.15, 0.2) is 41.3 Å². The highest BCUT2D eigenvalue weighted by Crippen LogP contribution is 2.29. The van der Waals surface area contributed by atoms with Gasteiger partial charge in [-0.15, -0.1) is 0 Å². The van der Waals surface area contributed by atoms with Gasteiger partial charge in [-0.25, -0.2) is 8.42 Å². The summed E-state index contributed by atoms with van der Waals surface area (Å²) in [5.41, 5.74) is 2.21. The van der Waals surface area contributed by atoms with E-state index in [1.807, 2.05) is 25.1 Å². The molecule has 0 unspecified atom stereocenters. The van der Waals surface area contributed by atoms with Gasteiger partial charge < -0.3 is 10.2 Å². The van der Waals surface area contributed by atoms with Crippen LogP contribution in [0.25, 0.3) is 0 Å². The zero-order valence-electron chi connectivity index (χ0n) is 16.8. The third-order valence-electron chi connectivity index (χ3n) is 4.46. The molecule has 0 aromatic heterocycles. The predicted octanol–water partition coefficient (Wildman–Crippen LogP) is 4.00. The number of hydrogen-bond acceptors (Lipinski definition) is 4. The number of nitrogens with zero attached hydrogens (tertiary/aromatic N) is 2. The van der Waals surface area contributed by atoms with Crippen molar-refractivity contribution in [2.45, 2.75) is 25.7 Å². The van der Waals surface area contributed by atoms with Crippen molar-refractivity contribution >= 4 is 38.9 Å². The fourth-order valence-electron chi connectivity index (χ4n) is 2.91. The lowest BCUT2D eigenvalue weighted by atomic mass is 10.1. The van der Waals surface area contributed by atoms with Crippen molar-refractivity contribution in [3.8, 4) is 0 Å². The number of benzene rings is 2. The first-order valence-electron chi connectivity index (χ1n) is 9.00. The Morgan fingerprint density at radius 2 is 1.71 bits per heavy atom. The van der Waals surface area contributed by atoms with Crippen molar-refractivity contribution in [2.24, 2.45) is 0 Å². The first-order chi connectivity index (χ1) is 13.1. The molecule has 0 saturated carbocycles. The number of carbonyl (C=O) groups is 1. The Morgan fingerprint density at radius 1 is 1.07 bits per heavy atom. The molecule has 0 radical (unpaired) electrons. The first-order valence-corrected chi connectivity index (χ1v) is 10.8. The SMILES string of the molecule is CCN(CC)S(=O)(=O)c1cc(C(=O)Nc2cc(Cl)ccc2N(C)C)ccc1C.